The zero-order chi connectivity index (χ0) is 11.5. The van der Waals surface area contributed by atoms with Crippen molar-refractivity contribution in [2.75, 3.05) is 5.32 Å². The van der Waals surface area contributed by atoms with Crippen LogP contribution in [-0.4, -0.2) is 6.04 Å². The van der Waals surface area contributed by atoms with E-state index in [1.807, 2.05) is 18.2 Å². The molecule has 0 aliphatic heterocycles. The molecule has 1 aromatic carbocycles. The third-order valence-electron chi connectivity index (χ3n) is 3.27. The SMILES string of the molecule is CC(CC1CCC1)Nc1cccc(Cl)c1Cl. The predicted octanol–water partition coefficient (Wildman–Crippen LogP) is 4.98. The average molecular weight is 258 g/mol. The highest BCUT2D eigenvalue weighted by molar-refractivity contribution is 6.43. The van der Waals surface area contributed by atoms with Crippen LogP contribution in [0.3, 0.4) is 0 Å². The summed E-state index contributed by atoms with van der Waals surface area (Å²) in [5.74, 6) is 0.903. The minimum absolute atomic E-state index is 0.460. The van der Waals surface area contributed by atoms with E-state index in [1.165, 1.54) is 25.7 Å². The Morgan fingerprint density at radius 3 is 2.75 bits per heavy atom. The molecular formula is C13H17Cl2N. The van der Waals surface area contributed by atoms with Crippen molar-refractivity contribution < 1.29 is 0 Å². The fourth-order valence-electron chi connectivity index (χ4n) is 2.17. The van der Waals surface area contributed by atoms with Gasteiger partial charge in [0.1, 0.15) is 0 Å². The van der Waals surface area contributed by atoms with Crippen LogP contribution in [0.25, 0.3) is 0 Å². The lowest BCUT2D eigenvalue weighted by molar-refractivity contribution is 0.286. The van der Waals surface area contributed by atoms with E-state index in [0.29, 0.717) is 16.1 Å². The molecule has 1 nitrogen and oxygen atoms in total. The summed E-state index contributed by atoms with van der Waals surface area (Å²) in [5.41, 5.74) is 0.945. The van der Waals surface area contributed by atoms with Crippen LogP contribution >= 0.6 is 23.2 Å². The van der Waals surface area contributed by atoms with E-state index in [1.54, 1.807) is 0 Å². The van der Waals surface area contributed by atoms with E-state index in [0.717, 1.165) is 11.6 Å². The third kappa shape index (κ3) is 2.83. The lowest BCUT2D eigenvalue weighted by atomic mass is 9.81. The Morgan fingerprint density at radius 1 is 1.38 bits per heavy atom. The highest BCUT2D eigenvalue weighted by Gasteiger charge is 2.20. The summed E-state index contributed by atoms with van der Waals surface area (Å²) in [7, 11) is 0. The van der Waals surface area contributed by atoms with Gasteiger partial charge < -0.3 is 5.32 Å². The predicted molar refractivity (Wildman–Crippen MR) is 71.5 cm³/mol. The van der Waals surface area contributed by atoms with Crippen LogP contribution in [0.15, 0.2) is 18.2 Å². The van der Waals surface area contributed by atoms with Gasteiger partial charge in [-0.25, -0.2) is 0 Å². The molecule has 0 saturated heterocycles. The van der Waals surface area contributed by atoms with Crippen molar-refractivity contribution in [2.45, 2.75) is 38.6 Å². The van der Waals surface area contributed by atoms with Crippen molar-refractivity contribution in [3.63, 3.8) is 0 Å². The number of hydrogen-bond donors (Lipinski definition) is 1. The van der Waals surface area contributed by atoms with E-state index in [9.17, 15) is 0 Å². The van der Waals surface area contributed by atoms with E-state index in [2.05, 4.69) is 12.2 Å². The Hall–Kier alpha value is -0.400. The van der Waals surface area contributed by atoms with Gasteiger partial charge in [-0.3, -0.25) is 0 Å². The molecule has 1 N–H and O–H groups in total. The number of rotatable bonds is 4. The molecule has 1 aromatic rings. The second-order valence-corrected chi connectivity index (χ2v) is 5.46. The van der Waals surface area contributed by atoms with Crippen LogP contribution in [0.5, 0.6) is 0 Å². The molecule has 88 valence electrons. The molecule has 1 unspecified atom stereocenters. The molecule has 1 aliphatic carbocycles. The first kappa shape index (κ1) is 12.1. The van der Waals surface area contributed by atoms with E-state index >= 15 is 0 Å². The number of halogens is 2. The summed E-state index contributed by atoms with van der Waals surface area (Å²) in [6, 6.07) is 6.17. The van der Waals surface area contributed by atoms with Crippen molar-refractivity contribution >= 4 is 28.9 Å². The molecule has 0 aromatic heterocycles. The number of nitrogens with one attached hydrogen (secondary N) is 1. The van der Waals surface area contributed by atoms with E-state index in [-0.39, 0.29) is 0 Å². The van der Waals surface area contributed by atoms with Gasteiger partial charge in [0.05, 0.1) is 15.7 Å². The summed E-state index contributed by atoms with van der Waals surface area (Å²) in [4.78, 5) is 0. The molecular weight excluding hydrogens is 241 g/mol. The smallest absolute Gasteiger partial charge is 0.0823 e. The molecule has 1 aliphatic rings. The van der Waals surface area contributed by atoms with Gasteiger partial charge in [-0.15, -0.1) is 0 Å². The molecule has 16 heavy (non-hydrogen) atoms. The monoisotopic (exact) mass is 257 g/mol. The van der Waals surface area contributed by atoms with Gasteiger partial charge in [-0.05, 0) is 31.4 Å². The summed E-state index contributed by atoms with van der Waals surface area (Å²) in [5, 5.41) is 4.68. The number of anilines is 1. The molecule has 0 radical (unpaired) electrons. The topological polar surface area (TPSA) is 12.0 Å². The van der Waals surface area contributed by atoms with Crippen LogP contribution < -0.4 is 5.32 Å². The molecule has 0 amide bonds. The van der Waals surface area contributed by atoms with Crippen LogP contribution in [0.1, 0.15) is 32.6 Å². The first-order valence-electron chi connectivity index (χ1n) is 5.87. The lowest BCUT2D eigenvalue weighted by Gasteiger charge is -2.29. The summed E-state index contributed by atoms with van der Waals surface area (Å²) < 4.78 is 0. The molecule has 0 bridgehead atoms. The number of benzene rings is 1. The second-order valence-electron chi connectivity index (χ2n) is 4.68. The molecule has 0 spiro atoms. The van der Waals surface area contributed by atoms with Gasteiger partial charge in [-0.2, -0.15) is 0 Å². The van der Waals surface area contributed by atoms with Crippen LogP contribution in [0.2, 0.25) is 10.0 Å². The van der Waals surface area contributed by atoms with Crippen molar-refractivity contribution in [2.24, 2.45) is 5.92 Å². The fraction of sp³-hybridized carbons (Fsp3) is 0.538. The van der Waals surface area contributed by atoms with Gasteiger partial charge >= 0.3 is 0 Å². The highest BCUT2D eigenvalue weighted by Crippen LogP contribution is 2.33. The summed E-state index contributed by atoms with van der Waals surface area (Å²) in [6.07, 6.45) is 5.39. The lowest BCUT2D eigenvalue weighted by Crippen LogP contribution is -2.23. The van der Waals surface area contributed by atoms with Crippen LogP contribution in [0, 0.1) is 5.92 Å². The zero-order valence-corrected chi connectivity index (χ0v) is 11.0. The standard InChI is InChI=1S/C13H17Cl2N/c1-9(8-10-4-2-5-10)16-12-7-3-6-11(14)13(12)15/h3,6-7,9-10,16H,2,4-5,8H2,1H3. The normalized spacial score (nSPS) is 17.9. The molecule has 2 rings (SSSR count). The largest absolute Gasteiger partial charge is 0.381 e. The first-order chi connectivity index (χ1) is 7.66. The maximum atomic E-state index is 6.13. The Bertz CT molecular complexity index is 361. The van der Waals surface area contributed by atoms with Gasteiger partial charge in [0.2, 0.25) is 0 Å². The van der Waals surface area contributed by atoms with Crippen molar-refractivity contribution in [3.8, 4) is 0 Å². The zero-order valence-electron chi connectivity index (χ0n) is 9.47. The van der Waals surface area contributed by atoms with Gasteiger partial charge in [0.15, 0.2) is 0 Å². The van der Waals surface area contributed by atoms with Gasteiger partial charge in [-0.1, -0.05) is 48.5 Å². The molecule has 1 fully saturated rings. The van der Waals surface area contributed by atoms with Gasteiger partial charge in [0.25, 0.3) is 0 Å². The Balaban J connectivity index is 1.94. The Morgan fingerprint density at radius 2 is 2.12 bits per heavy atom. The minimum atomic E-state index is 0.460. The second kappa shape index (κ2) is 5.29. The van der Waals surface area contributed by atoms with Gasteiger partial charge in [0, 0.05) is 6.04 Å². The minimum Gasteiger partial charge on any atom is -0.381 e. The Kier molecular flexibility index (Phi) is 3.99. The summed E-state index contributed by atoms with van der Waals surface area (Å²) >= 11 is 12.1. The molecule has 0 heterocycles. The van der Waals surface area contributed by atoms with Crippen molar-refractivity contribution in [1.29, 1.82) is 0 Å². The maximum absolute atomic E-state index is 6.13. The molecule has 1 saturated carbocycles. The van der Waals surface area contributed by atoms with Crippen LogP contribution in [-0.2, 0) is 0 Å². The van der Waals surface area contributed by atoms with E-state index < -0.39 is 0 Å². The fourth-order valence-corrected chi connectivity index (χ4v) is 2.52. The summed E-state index contributed by atoms with van der Waals surface area (Å²) in [6.45, 7) is 2.20. The average Bonchev–Trinajstić information content (AvgIpc) is 2.19. The first-order valence-corrected chi connectivity index (χ1v) is 6.63. The highest BCUT2D eigenvalue weighted by atomic mass is 35.5. The number of hydrogen-bond acceptors (Lipinski definition) is 1. The van der Waals surface area contributed by atoms with E-state index in [4.69, 9.17) is 23.2 Å². The Labute approximate surface area is 107 Å². The maximum Gasteiger partial charge on any atom is 0.0823 e. The van der Waals surface area contributed by atoms with Crippen LogP contribution in [0.4, 0.5) is 5.69 Å². The third-order valence-corrected chi connectivity index (χ3v) is 4.08. The van der Waals surface area contributed by atoms with Crippen molar-refractivity contribution in [3.05, 3.63) is 28.2 Å². The molecule has 3 heteroatoms. The molecule has 1 atom stereocenters. The van der Waals surface area contributed by atoms with Crippen molar-refractivity contribution in [1.82, 2.24) is 0 Å². The quantitative estimate of drug-likeness (QED) is 0.802.